The molecule has 1 aliphatic rings. The van der Waals surface area contributed by atoms with Crippen molar-refractivity contribution in [2.45, 2.75) is 37.9 Å². The van der Waals surface area contributed by atoms with Crippen molar-refractivity contribution in [3.63, 3.8) is 0 Å². The maximum Gasteiger partial charge on any atom is 0.405 e. The molecule has 0 atom stereocenters. The zero-order chi connectivity index (χ0) is 13.3. The summed E-state index contributed by atoms with van der Waals surface area (Å²) in [5.41, 5.74) is 2.45. The van der Waals surface area contributed by atoms with Crippen molar-refractivity contribution in [2.24, 2.45) is 0 Å². The lowest BCUT2D eigenvalue weighted by atomic mass is 10.1. The lowest BCUT2D eigenvalue weighted by Crippen LogP contribution is -2.36. The van der Waals surface area contributed by atoms with Gasteiger partial charge in [-0.25, -0.2) is 0 Å². The third-order valence-corrected chi connectivity index (χ3v) is 3.37. The summed E-state index contributed by atoms with van der Waals surface area (Å²) in [6.45, 7) is 0.954. The predicted molar refractivity (Wildman–Crippen MR) is 67.2 cm³/mol. The fourth-order valence-corrected chi connectivity index (χ4v) is 2.28. The van der Waals surface area contributed by atoms with Crippen molar-refractivity contribution < 1.29 is 13.2 Å². The Bertz CT molecular complexity index is 427. The van der Waals surface area contributed by atoms with Gasteiger partial charge in [0.2, 0.25) is 0 Å². The maximum atomic E-state index is 12.6. The molecule has 1 aromatic rings. The number of nitrogens with zero attached hydrogens (tertiary/aromatic N) is 1. The first-order valence-corrected chi connectivity index (χ1v) is 6.43. The van der Waals surface area contributed by atoms with Crippen LogP contribution in [-0.2, 0) is 5.88 Å². The van der Waals surface area contributed by atoms with Crippen LogP contribution in [0.25, 0.3) is 0 Å². The highest BCUT2D eigenvalue weighted by Crippen LogP contribution is 2.36. The van der Waals surface area contributed by atoms with Crippen molar-refractivity contribution in [2.75, 3.05) is 11.4 Å². The van der Waals surface area contributed by atoms with Crippen LogP contribution in [0.5, 0.6) is 0 Å². The quantitative estimate of drug-likeness (QED) is 0.743. The summed E-state index contributed by atoms with van der Waals surface area (Å²) in [5.74, 6) is 0.379. The molecule has 1 saturated carbocycles. The van der Waals surface area contributed by atoms with Crippen molar-refractivity contribution in [3.05, 3.63) is 29.3 Å². The number of halogens is 4. The first kappa shape index (κ1) is 13.5. The third-order valence-electron chi connectivity index (χ3n) is 3.06. The van der Waals surface area contributed by atoms with Crippen molar-refractivity contribution >= 4 is 17.3 Å². The van der Waals surface area contributed by atoms with Gasteiger partial charge in [-0.3, -0.25) is 0 Å². The van der Waals surface area contributed by atoms with Gasteiger partial charge in [0.15, 0.2) is 0 Å². The topological polar surface area (TPSA) is 3.24 Å². The Kier molecular flexibility index (Phi) is 3.76. The van der Waals surface area contributed by atoms with E-state index in [0.29, 0.717) is 11.6 Å². The number of aryl methyl sites for hydroxylation is 1. The Morgan fingerprint density at radius 2 is 2.00 bits per heavy atom. The summed E-state index contributed by atoms with van der Waals surface area (Å²) >= 11 is 5.72. The number of hydrogen-bond donors (Lipinski definition) is 0. The summed E-state index contributed by atoms with van der Waals surface area (Å²) in [5, 5.41) is 0. The second kappa shape index (κ2) is 5.00. The molecule has 0 N–H and O–H groups in total. The van der Waals surface area contributed by atoms with E-state index in [4.69, 9.17) is 11.6 Å². The fraction of sp³-hybridized carbons (Fsp3) is 0.538. The number of benzene rings is 1. The van der Waals surface area contributed by atoms with Gasteiger partial charge < -0.3 is 4.90 Å². The maximum absolute atomic E-state index is 12.6. The van der Waals surface area contributed by atoms with Crippen molar-refractivity contribution in [1.82, 2.24) is 0 Å². The van der Waals surface area contributed by atoms with E-state index in [1.165, 1.54) is 4.90 Å². The Morgan fingerprint density at radius 1 is 1.33 bits per heavy atom. The van der Waals surface area contributed by atoms with Crippen LogP contribution >= 0.6 is 11.6 Å². The van der Waals surface area contributed by atoms with Gasteiger partial charge in [0.1, 0.15) is 6.54 Å². The number of hydrogen-bond acceptors (Lipinski definition) is 1. The Labute approximate surface area is 110 Å². The average molecular weight is 278 g/mol. The molecule has 0 spiro atoms. The molecule has 1 aliphatic carbocycles. The van der Waals surface area contributed by atoms with Crippen LogP contribution in [0.15, 0.2) is 18.2 Å². The minimum atomic E-state index is -4.17. The average Bonchev–Trinajstić information content (AvgIpc) is 3.08. The highest BCUT2D eigenvalue weighted by Gasteiger charge is 2.38. The van der Waals surface area contributed by atoms with Gasteiger partial charge in [0.25, 0.3) is 0 Å². The zero-order valence-corrected chi connectivity index (χ0v) is 10.9. The summed E-state index contributed by atoms with van der Waals surface area (Å²) in [6.07, 6.45) is -2.49. The Hall–Kier alpha value is -0.900. The molecule has 18 heavy (non-hydrogen) atoms. The molecule has 0 unspecified atom stereocenters. The zero-order valence-electron chi connectivity index (χ0n) is 10.1. The number of rotatable bonds is 4. The lowest BCUT2D eigenvalue weighted by Gasteiger charge is -2.27. The summed E-state index contributed by atoms with van der Waals surface area (Å²) < 4.78 is 37.8. The summed E-state index contributed by atoms with van der Waals surface area (Å²) in [7, 11) is 0. The van der Waals surface area contributed by atoms with Crippen molar-refractivity contribution in [3.8, 4) is 0 Å². The SMILES string of the molecule is Cc1cc(CCl)ccc1N(CC(F)(F)F)C1CC1. The van der Waals surface area contributed by atoms with E-state index in [1.807, 2.05) is 13.0 Å². The molecule has 100 valence electrons. The van der Waals surface area contributed by atoms with Crippen LogP contribution in [0.3, 0.4) is 0 Å². The van der Waals surface area contributed by atoms with Gasteiger partial charge >= 0.3 is 6.18 Å². The van der Waals surface area contributed by atoms with Gasteiger partial charge in [0.05, 0.1) is 0 Å². The Balaban J connectivity index is 2.25. The van der Waals surface area contributed by atoms with Crippen LogP contribution in [0.4, 0.5) is 18.9 Å². The van der Waals surface area contributed by atoms with E-state index in [0.717, 1.165) is 24.0 Å². The van der Waals surface area contributed by atoms with Crippen LogP contribution in [0.2, 0.25) is 0 Å². The number of anilines is 1. The third kappa shape index (κ3) is 3.31. The van der Waals surface area contributed by atoms with E-state index >= 15 is 0 Å². The van der Waals surface area contributed by atoms with Crippen LogP contribution in [0, 0.1) is 6.92 Å². The smallest absolute Gasteiger partial charge is 0.359 e. The van der Waals surface area contributed by atoms with E-state index in [2.05, 4.69) is 0 Å². The first-order chi connectivity index (χ1) is 8.40. The van der Waals surface area contributed by atoms with E-state index in [1.54, 1.807) is 12.1 Å². The molecule has 1 fully saturated rings. The lowest BCUT2D eigenvalue weighted by molar-refractivity contribution is -0.120. The molecule has 0 aromatic heterocycles. The Morgan fingerprint density at radius 3 is 2.44 bits per heavy atom. The molecule has 2 rings (SSSR count). The second-order valence-electron chi connectivity index (χ2n) is 4.73. The van der Waals surface area contributed by atoms with E-state index in [9.17, 15) is 13.2 Å². The number of alkyl halides is 4. The van der Waals surface area contributed by atoms with Gasteiger partial charge in [-0.2, -0.15) is 13.2 Å². The molecular weight excluding hydrogens is 263 g/mol. The molecule has 1 aromatic carbocycles. The van der Waals surface area contributed by atoms with Gasteiger partial charge in [-0.05, 0) is 37.0 Å². The van der Waals surface area contributed by atoms with Gasteiger partial charge in [0, 0.05) is 17.6 Å². The summed E-state index contributed by atoms with van der Waals surface area (Å²) in [6, 6.07) is 5.43. The molecule has 0 amide bonds. The molecule has 0 heterocycles. The minimum absolute atomic E-state index is 0.0344. The van der Waals surface area contributed by atoms with Crippen LogP contribution < -0.4 is 4.90 Å². The monoisotopic (exact) mass is 277 g/mol. The highest BCUT2D eigenvalue weighted by atomic mass is 35.5. The molecular formula is C13H15ClF3N. The van der Waals surface area contributed by atoms with E-state index in [-0.39, 0.29) is 6.04 Å². The largest absolute Gasteiger partial charge is 0.405 e. The van der Waals surface area contributed by atoms with Gasteiger partial charge in [-0.15, -0.1) is 11.6 Å². The first-order valence-electron chi connectivity index (χ1n) is 5.89. The predicted octanol–water partition coefficient (Wildman–Crippen LogP) is 4.26. The second-order valence-corrected chi connectivity index (χ2v) is 5.00. The summed E-state index contributed by atoms with van der Waals surface area (Å²) in [4.78, 5) is 1.47. The van der Waals surface area contributed by atoms with Crippen molar-refractivity contribution in [1.29, 1.82) is 0 Å². The molecule has 0 aliphatic heterocycles. The molecule has 1 nitrogen and oxygen atoms in total. The normalized spacial score (nSPS) is 15.8. The fourth-order valence-electron chi connectivity index (χ4n) is 2.11. The molecule has 0 bridgehead atoms. The molecule has 0 saturated heterocycles. The van der Waals surface area contributed by atoms with Crippen LogP contribution in [0.1, 0.15) is 24.0 Å². The minimum Gasteiger partial charge on any atom is -0.359 e. The molecule has 0 radical (unpaired) electrons. The highest BCUT2D eigenvalue weighted by molar-refractivity contribution is 6.17. The van der Waals surface area contributed by atoms with Gasteiger partial charge in [-0.1, -0.05) is 12.1 Å². The van der Waals surface area contributed by atoms with E-state index < -0.39 is 12.7 Å². The molecule has 5 heteroatoms. The van der Waals surface area contributed by atoms with Crippen LogP contribution in [-0.4, -0.2) is 18.8 Å². The standard InChI is InChI=1S/C13H15ClF3N/c1-9-6-10(7-14)2-5-12(9)18(11-3-4-11)8-13(15,16)17/h2,5-6,11H,3-4,7-8H2,1H3.